The maximum absolute atomic E-state index is 13.6. The van der Waals surface area contributed by atoms with E-state index in [1.54, 1.807) is 25.1 Å². The van der Waals surface area contributed by atoms with Crippen molar-refractivity contribution in [3.8, 4) is 0 Å². The molecule has 1 aliphatic heterocycles. The number of halogens is 1. The van der Waals surface area contributed by atoms with Gasteiger partial charge >= 0.3 is 5.97 Å². The minimum Gasteiger partial charge on any atom is -0.480 e. The first-order valence-corrected chi connectivity index (χ1v) is 8.16. The summed E-state index contributed by atoms with van der Waals surface area (Å²) in [6, 6.07) is 5.81. The van der Waals surface area contributed by atoms with Crippen molar-refractivity contribution in [1.82, 2.24) is 4.90 Å². The fraction of sp³-hybridized carbons (Fsp3) is 0.556. The van der Waals surface area contributed by atoms with Gasteiger partial charge in [0.1, 0.15) is 11.9 Å². The Labute approximate surface area is 136 Å². The van der Waals surface area contributed by atoms with E-state index in [1.165, 1.54) is 11.0 Å². The lowest BCUT2D eigenvalue weighted by Gasteiger charge is -2.37. The van der Waals surface area contributed by atoms with E-state index >= 15 is 0 Å². The Hall–Kier alpha value is -1.91. The van der Waals surface area contributed by atoms with E-state index in [-0.39, 0.29) is 17.6 Å². The molecule has 3 atom stereocenters. The molecule has 126 valence electrons. The van der Waals surface area contributed by atoms with E-state index < -0.39 is 12.0 Å². The van der Waals surface area contributed by atoms with Gasteiger partial charge in [0.05, 0.1) is 0 Å². The van der Waals surface area contributed by atoms with E-state index in [9.17, 15) is 19.1 Å². The van der Waals surface area contributed by atoms with Crippen LogP contribution in [0.4, 0.5) is 4.39 Å². The fourth-order valence-corrected chi connectivity index (χ4v) is 3.12. The molecular formula is C18H24FNO3. The smallest absolute Gasteiger partial charge is 0.326 e. The molecule has 23 heavy (non-hydrogen) atoms. The average Bonchev–Trinajstić information content (AvgIpc) is 2.53. The summed E-state index contributed by atoms with van der Waals surface area (Å²) in [6.07, 6.45) is 2.32. The molecule has 0 spiro atoms. The zero-order valence-corrected chi connectivity index (χ0v) is 13.7. The van der Waals surface area contributed by atoms with Gasteiger partial charge in [-0.15, -0.1) is 0 Å². The Morgan fingerprint density at radius 3 is 2.74 bits per heavy atom. The number of hydrogen-bond acceptors (Lipinski definition) is 2. The number of rotatable bonds is 5. The maximum Gasteiger partial charge on any atom is 0.326 e. The molecule has 1 amide bonds. The van der Waals surface area contributed by atoms with Gasteiger partial charge in [-0.1, -0.05) is 32.0 Å². The Kier molecular flexibility index (Phi) is 5.74. The van der Waals surface area contributed by atoms with Crippen LogP contribution in [0, 0.1) is 17.7 Å². The summed E-state index contributed by atoms with van der Waals surface area (Å²) in [5.74, 6) is -1.34. The molecule has 1 fully saturated rings. The van der Waals surface area contributed by atoms with Gasteiger partial charge in [-0.05, 0) is 43.2 Å². The Morgan fingerprint density at radius 1 is 1.39 bits per heavy atom. The highest BCUT2D eigenvalue weighted by Gasteiger charge is 2.36. The molecule has 0 aliphatic carbocycles. The van der Waals surface area contributed by atoms with Crippen molar-refractivity contribution in [2.75, 3.05) is 6.54 Å². The van der Waals surface area contributed by atoms with Crippen LogP contribution in [-0.2, 0) is 16.0 Å². The van der Waals surface area contributed by atoms with Gasteiger partial charge in [-0.25, -0.2) is 9.18 Å². The molecule has 0 radical (unpaired) electrons. The third-order valence-electron chi connectivity index (χ3n) is 4.66. The molecule has 4 nitrogen and oxygen atoms in total. The maximum atomic E-state index is 13.6. The molecule has 1 aliphatic rings. The van der Waals surface area contributed by atoms with Crippen molar-refractivity contribution in [2.24, 2.45) is 11.8 Å². The molecule has 2 rings (SSSR count). The van der Waals surface area contributed by atoms with Crippen LogP contribution >= 0.6 is 0 Å². The van der Waals surface area contributed by atoms with Crippen LogP contribution in [0.25, 0.3) is 0 Å². The van der Waals surface area contributed by atoms with E-state index in [1.807, 2.05) is 6.92 Å². The monoisotopic (exact) mass is 321 g/mol. The van der Waals surface area contributed by atoms with E-state index in [4.69, 9.17) is 0 Å². The SMILES string of the molecule is CC1CCN(C(=O)C(C)CCc2ccccc2F)C(C(=O)O)C1. The first kappa shape index (κ1) is 17.4. The molecule has 3 unspecified atom stereocenters. The van der Waals surface area contributed by atoms with Crippen LogP contribution in [0.15, 0.2) is 24.3 Å². The first-order valence-electron chi connectivity index (χ1n) is 8.16. The third-order valence-corrected chi connectivity index (χ3v) is 4.66. The number of piperidine rings is 1. The van der Waals surface area contributed by atoms with Crippen molar-refractivity contribution in [3.63, 3.8) is 0 Å². The second-order valence-electron chi connectivity index (χ2n) is 6.55. The highest BCUT2D eigenvalue weighted by atomic mass is 19.1. The third kappa shape index (κ3) is 4.30. The number of likely N-dealkylation sites (tertiary alicyclic amines) is 1. The molecule has 0 bridgehead atoms. The summed E-state index contributed by atoms with van der Waals surface area (Å²) in [5, 5.41) is 9.36. The standard InChI is InChI=1S/C18H24FNO3/c1-12-9-10-20(16(11-12)18(22)23)17(21)13(2)7-8-14-5-3-4-6-15(14)19/h3-6,12-13,16H,7-11H2,1-2H3,(H,22,23). The van der Waals surface area contributed by atoms with Crippen molar-refractivity contribution in [2.45, 2.75) is 45.6 Å². The van der Waals surface area contributed by atoms with Gasteiger partial charge in [0.15, 0.2) is 0 Å². The Balaban J connectivity index is 1.98. The van der Waals surface area contributed by atoms with Gasteiger partial charge < -0.3 is 10.0 Å². The van der Waals surface area contributed by atoms with Crippen LogP contribution in [0.1, 0.15) is 38.7 Å². The zero-order valence-electron chi connectivity index (χ0n) is 13.7. The summed E-state index contributed by atoms with van der Waals surface area (Å²) in [5.41, 5.74) is 0.592. The topological polar surface area (TPSA) is 57.6 Å². The number of carbonyl (C=O) groups excluding carboxylic acids is 1. The first-order chi connectivity index (χ1) is 10.9. The number of carboxylic acids is 1. The van der Waals surface area contributed by atoms with Gasteiger partial charge in [-0.2, -0.15) is 0 Å². The van der Waals surface area contributed by atoms with Crippen molar-refractivity contribution < 1.29 is 19.1 Å². The molecule has 1 N–H and O–H groups in total. The predicted octanol–water partition coefficient (Wildman–Crippen LogP) is 3.11. The van der Waals surface area contributed by atoms with Crippen LogP contribution in [0.3, 0.4) is 0 Å². The zero-order chi connectivity index (χ0) is 17.0. The minimum absolute atomic E-state index is 0.138. The number of aryl methyl sites for hydroxylation is 1. The van der Waals surface area contributed by atoms with Crippen molar-refractivity contribution in [1.29, 1.82) is 0 Å². The van der Waals surface area contributed by atoms with Crippen LogP contribution in [-0.4, -0.2) is 34.5 Å². The number of amides is 1. The molecule has 0 aromatic heterocycles. The second kappa shape index (κ2) is 7.57. The molecule has 0 saturated carbocycles. The average molecular weight is 321 g/mol. The highest BCUT2D eigenvalue weighted by molar-refractivity contribution is 5.85. The molecule has 1 saturated heterocycles. The summed E-state index contributed by atoms with van der Waals surface area (Å²) in [4.78, 5) is 25.5. The van der Waals surface area contributed by atoms with Crippen molar-refractivity contribution in [3.05, 3.63) is 35.6 Å². The fourth-order valence-electron chi connectivity index (χ4n) is 3.12. The number of nitrogens with zero attached hydrogens (tertiary/aromatic N) is 1. The van der Waals surface area contributed by atoms with E-state index in [2.05, 4.69) is 0 Å². The number of carbonyl (C=O) groups is 2. The van der Waals surface area contributed by atoms with Crippen LogP contribution in [0.2, 0.25) is 0 Å². The van der Waals surface area contributed by atoms with Gasteiger partial charge in [-0.3, -0.25) is 4.79 Å². The minimum atomic E-state index is -0.939. The Morgan fingerprint density at radius 2 is 2.09 bits per heavy atom. The summed E-state index contributed by atoms with van der Waals surface area (Å²) >= 11 is 0. The van der Waals surface area contributed by atoms with Gasteiger partial charge in [0, 0.05) is 12.5 Å². The number of carboxylic acid groups (broad SMARTS) is 1. The van der Waals surface area contributed by atoms with Crippen LogP contribution in [0.5, 0.6) is 0 Å². The number of benzene rings is 1. The lowest BCUT2D eigenvalue weighted by Crippen LogP contribution is -2.51. The number of hydrogen-bond donors (Lipinski definition) is 1. The number of aliphatic carboxylic acids is 1. The quantitative estimate of drug-likeness (QED) is 0.906. The van der Waals surface area contributed by atoms with E-state index in [0.717, 1.165) is 6.42 Å². The van der Waals surface area contributed by atoms with Gasteiger partial charge in [0.2, 0.25) is 5.91 Å². The van der Waals surface area contributed by atoms with Gasteiger partial charge in [0.25, 0.3) is 0 Å². The lowest BCUT2D eigenvalue weighted by molar-refractivity contribution is -0.154. The van der Waals surface area contributed by atoms with E-state index in [0.29, 0.717) is 37.3 Å². The van der Waals surface area contributed by atoms with Crippen molar-refractivity contribution >= 4 is 11.9 Å². The normalized spacial score (nSPS) is 22.7. The molecule has 5 heteroatoms. The largest absolute Gasteiger partial charge is 0.480 e. The second-order valence-corrected chi connectivity index (χ2v) is 6.55. The predicted molar refractivity (Wildman–Crippen MR) is 85.4 cm³/mol. The molecule has 1 heterocycles. The summed E-state index contributed by atoms with van der Waals surface area (Å²) < 4.78 is 13.6. The summed E-state index contributed by atoms with van der Waals surface area (Å²) in [6.45, 7) is 4.29. The molecule has 1 aromatic rings. The highest BCUT2D eigenvalue weighted by Crippen LogP contribution is 2.25. The van der Waals surface area contributed by atoms with Crippen LogP contribution < -0.4 is 0 Å². The summed E-state index contributed by atoms with van der Waals surface area (Å²) in [7, 11) is 0. The Bertz CT molecular complexity index is 575. The lowest BCUT2D eigenvalue weighted by atomic mass is 9.90. The molecule has 1 aromatic carbocycles. The molecular weight excluding hydrogens is 297 g/mol.